The highest BCUT2D eigenvalue weighted by molar-refractivity contribution is 7.22. The summed E-state index contributed by atoms with van der Waals surface area (Å²) >= 11 is 7.40. The number of nitrogens with zero attached hydrogens (tertiary/aromatic N) is 4. The zero-order valence-corrected chi connectivity index (χ0v) is 18.5. The van der Waals surface area contributed by atoms with Crippen molar-refractivity contribution < 1.29 is 9.72 Å². The number of carbonyl (C=O) groups is 1. The average molecular weight is 455 g/mol. The standard InChI is InChI=1S/C19H19ClN4O3S.ClH/c1-12-4-6-15-17(10-12)28-19(21-15)23(9-8-22(2)3)18(25)14-11-13(20)5-7-16(14)24(26)27;/h4-7,10-11H,8-9H2,1-3H3;1H. The van der Waals surface area contributed by atoms with Gasteiger partial charge in [0.25, 0.3) is 11.6 Å². The Bertz CT molecular complexity index is 1060. The van der Waals surface area contributed by atoms with Gasteiger partial charge in [0.1, 0.15) is 5.56 Å². The number of nitro benzene ring substituents is 1. The Labute approximate surface area is 183 Å². The van der Waals surface area contributed by atoms with Crippen LogP contribution in [0.2, 0.25) is 5.02 Å². The Morgan fingerprint density at radius 1 is 1.21 bits per heavy atom. The predicted molar refractivity (Wildman–Crippen MR) is 120 cm³/mol. The summed E-state index contributed by atoms with van der Waals surface area (Å²) < 4.78 is 0.957. The number of halogens is 2. The molecule has 0 radical (unpaired) electrons. The molecule has 0 saturated heterocycles. The largest absolute Gasteiger partial charge is 0.308 e. The van der Waals surface area contributed by atoms with E-state index in [4.69, 9.17) is 11.6 Å². The van der Waals surface area contributed by atoms with E-state index in [-0.39, 0.29) is 28.7 Å². The highest BCUT2D eigenvalue weighted by Crippen LogP contribution is 2.32. The van der Waals surface area contributed by atoms with Gasteiger partial charge in [-0.25, -0.2) is 4.98 Å². The Kier molecular flexibility index (Phi) is 7.54. The second kappa shape index (κ2) is 9.49. The van der Waals surface area contributed by atoms with E-state index in [1.54, 1.807) is 0 Å². The number of thiazole rings is 1. The second-order valence-electron chi connectivity index (χ2n) is 6.65. The number of amides is 1. The van der Waals surface area contributed by atoms with E-state index in [9.17, 15) is 14.9 Å². The van der Waals surface area contributed by atoms with Gasteiger partial charge in [-0.1, -0.05) is 29.0 Å². The van der Waals surface area contributed by atoms with E-state index in [2.05, 4.69) is 4.98 Å². The van der Waals surface area contributed by atoms with Gasteiger partial charge in [-0.3, -0.25) is 19.8 Å². The van der Waals surface area contributed by atoms with Gasteiger partial charge in [0, 0.05) is 24.2 Å². The molecule has 7 nitrogen and oxygen atoms in total. The lowest BCUT2D eigenvalue weighted by molar-refractivity contribution is -0.385. The summed E-state index contributed by atoms with van der Waals surface area (Å²) in [5.74, 6) is -0.494. The Balaban J connectivity index is 0.00000300. The van der Waals surface area contributed by atoms with Crippen LogP contribution in [0.25, 0.3) is 10.2 Å². The Hall–Kier alpha value is -2.26. The fraction of sp³-hybridized carbons (Fsp3) is 0.263. The molecule has 0 bridgehead atoms. The number of aromatic nitrogens is 1. The van der Waals surface area contributed by atoms with Crippen molar-refractivity contribution in [3.05, 3.63) is 62.7 Å². The first-order chi connectivity index (χ1) is 13.3. The molecule has 1 amide bonds. The molecule has 0 atom stereocenters. The summed E-state index contributed by atoms with van der Waals surface area (Å²) in [6.45, 7) is 2.91. The van der Waals surface area contributed by atoms with Crippen molar-refractivity contribution in [1.29, 1.82) is 0 Å². The number of likely N-dealkylation sites (N-methyl/N-ethyl adjacent to an activating group) is 1. The van der Waals surface area contributed by atoms with Crippen LogP contribution < -0.4 is 4.90 Å². The van der Waals surface area contributed by atoms with E-state index >= 15 is 0 Å². The third-order valence-electron chi connectivity index (χ3n) is 4.17. The van der Waals surface area contributed by atoms with Crippen LogP contribution in [0.4, 0.5) is 10.8 Å². The van der Waals surface area contributed by atoms with Crippen molar-refractivity contribution in [2.24, 2.45) is 0 Å². The first kappa shape index (κ1) is 23.0. The van der Waals surface area contributed by atoms with Crippen LogP contribution in [-0.2, 0) is 0 Å². The Morgan fingerprint density at radius 3 is 2.59 bits per heavy atom. The summed E-state index contributed by atoms with van der Waals surface area (Å²) in [6, 6.07) is 9.86. The van der Waals surface area contributed by atoms with Crippen LogP contribution in [0, 0.1) is 17.0 Å². The number of hydrogen-bond acceptors (Lipinski definition) is 6. The van der Waals surface area contributed by atoms with Crippen molar-refractivity contribution in [3.63, 3.8) is 0 Å². The summed E-state index contributed by atoms with van der Waals surface area (Å²) in [6.07, 6.45) is 0. The summed E-state index contributed by atoms with van der Waals surface area (Å²) in [5.41, 5.74) is 1.56. The van der Waals surface area contributed by atoms with Gasteiger partial charge in [-0.2, -0.15) is 0 Å². The normalized spacial score (nSPS) is 10.8. The van der Waals surface area contributed by atoms with E-state index in [0.29, 0.717) is 18.2 Å². The van der Waals surface area contributed by atoms with Crippen LogP contribution in [0.3, 0.4) is 0 Å². The molecule has 3 aromatic rings. The molecule has 3 rings (SSSR count). The Morgan fingerprint density at radius 2 is 1.93 bits per heavy atom. The zero-order chi connectivity index (χ0) is 20.4. The number of fused-ring (bicyclic) bond motifs is 1. The average Bonchev–Trinajstić information content (AvgIpc) is 3.03. The molecule has 1 heterocycles. The molecule has 0 fully saturated rings. The van der Waals surface area contributed by atoms with Crippen molar-refractivity contribution in [1.82, 2.24) is 9.88 Å². The molecular formula is C19H20Cl2N4O3S. The van der Waals surface area contributed by atoms with Gasteiger partial charge >= 0.3 is 0 Å². The van der Waals surface area contributed by atoms with Crippen molar-refractivity contribution in [2.45, 2.75) is 6.92 Å². The van der Waals surface area contributed by atoms with Crippen LogP contribution in [0.15, 0.2) is 36.4 Å². The summed E-state index contributed by atoms with van der Waals surface area (Å²) in [5, 5.41) is 12.2. The van der Waals surface area contributed by atoms with E-state index < -0.39 is 10.8 Å². The SMILES string of the molecule is Cc1ccc2nc(N(CCN(C)C)C(=O)c3cc(Cl)ccc3[N+](=O)[O-])sc2c1.Cl. The van der Waals surface area contributed by atoms with E-state index in [1.807, 2.05) is 44.1 Å². The molecule has 0 aliphatic rings. The number of hydrogen-bond donors (Lipinski definition) is 0. The molecule has 2 aromatic carbocycles. The minimum atomic E-state index is -0.574. The van der Waals surface area contributed by atoms with Crippen LogP contribution >= 0.6 is 35.3 Å². The van der Waals surface area contributed by atoms with Gasteiger partial charge in [-0.05, 0) is 50.8 Å². The number of aryl methyl sites for hydroxylation is 1. The van der Waals surface area contributed by atoms with Gasteiger partial charge in [0.05, 0.1) is 15.1 Å². The molecular weight excluding hydrogens is 435 g/mol. The molecule has 0 aliphatic carbocycles. The van der Waals surface area contributed by atoms with Gasteiger partial charge < -0.3 is 4.90 Å². The maximum Gasteiger partial charge on any atom is 0.282 e. The smallest absolute Gasteiger partial charge is 0.282 e. The van der Waals surface area contributed by atoms with Crippen molar-refractivity contribution in [3.8, 4) is 0 Å². The highest BCUT2D eigenvalue weighted by Gasteiger charge is 2.28. The lowest BCUT2D eigenvalue weighted by Gasteiger charge is -2.22. The quantitative estimate of drug-likeness (QED) is 0.394. The van der Waals surface area contributed by atoms with Crippen molar-refractivity contribution in [2.75, 3.05) is 32.1 Å². The maximum atomic E-state index is 13.3. The monoisotopic (exact) mass is 454 g/mol. The highest BCUT2D eigenvalue weighted by atomic mass is 35.5. The lowest BCUT2D eigenvalue weighted by Crippen LogP contribution is -2.37. The number of benzene rings is 2. The van der Waals surface area contributed by atoms with Crippen LogP contribution in [-0.4, -0.2) is 47.9 Å². The predicted octanol–water partition coefficient (Wildman–Crippen LogP) is 4.80. The maximum absolute atomic E-state index is 13.3. The molecule has 0 spiro atoms. The molecule has 29 heavy (non-hydrogen) atoms. The molecule has 10 heteroatoms. The van der Waals surface area contributed by atoms with Crippen LogP contribution in [0.5, 0.6) is 0 Å². The number of rotatable bonds is 6. The second-order valence-corrected chi connectivity index (χ2v) is 8.09. The van der Waals surface area contributed by atoms with Crippen molar-refractivity contribution >= 4 is 62.3 Å². The number of carbonyl (C=O) groups excluding carboxylic acids is 1. The van der Waals surface area contributed by atoms with Gasteiger partial charge in [0.2, 0.25) is 0 Å². The van der Waals surface area contributed by atoms with Crippen LogP contribution in [0.1, 0.15) is 15.9 Å². The lowest BCUT2D eigenvalue weighted by atomic mass is 10.1. The topological polar surface area (TPSA) is 79.6 Å². The first-order valence-electron chi connectivity index (χ1n) is 8.54. The molecule has 0 aliphatic heterocycles. The van der Waals surface area contributed by atoms with E-state index in [0.717, 1.165) is 15.8 Å². The van der Waals surface area contributed by atoms with Gasteiger partial charge in [-0.15, -0.1) is 12.4 Å². The molecule has 1 aromatic heterocycles. The number of anilines is 1. The third-order valence-corrected chi connectivity index (χ3v) is 5.44. The fourth-order valence-electron chi connectivity index (χ4n) is 2.70. The number of nitro groups is 1. The molecule has 0 unspecified atom stereocenters. The summed E-state index contributed by atoms with van der Waals surface area (Å²) in [7, 11) is 3.79. The molecule has 0 saturated carbocycles. The molecule has 154 valence electrons. The minimum Gasteiger partial charge on any atom is -0.308 e. The fourth-order valence-corrected chi connectivity index (χ4v) is 3.96. The first-order valence-corrected chi connectivity index (χ1v) is 9.73. The van der Waals surface area contributed by atoms with Gasteiger partial charge in [0.15, 0.2) is 5.13 Å². The minimum absolute atomic E-state index is 0. The third kappa shape index (κ3) is 5.22. The van der Waals surface area contributed by atoms with E-state index in [1.165, 1.54) is 34.4 Å². The zero-order valence-electron chi connectivity index (χ0n) is 16.1. The summed E-state index contributed by atoms with van der Waals surface area (Å²) in [4.78, 5) is 32.1. The molecule has 0 N–H and O–H groups in total.